The molecular formula is C14H16N2O4S. The van der Waals surface area contributed by atoms with Crippen molar-refractivity contribution in [3.63, 3.8) is 0 Å². The highest BCUT2D eigenvalue weighted by Gasteiger charge is 2.32. The average molecular weight is 308 g/mol. The lowest BCUT2D eigenvalue weighted by atomic mass is 10.2. The summed E-state index contributed by atoms with van der Waals surface area (Å²) in [5.41, 5.74) is 1.02. The number of benzene rings is 1. The van der Waals surface area contributed by atoms with Gasteiger partial charge in [-0.2, -0.15) is 0 Å². The summed E-state index contributed by atoms with van der Waals surface area (Å²) in [4.78, 5) is 11.5. The zero-order valence-corrected chi connectivity index (χ0v) is 12.4. The number of carbonyl (C=O) groups is 1. The van der Waals surface area contributed by atoms with Gasteiger partial charge in [-0.3, -0.25) is 0 Å². The second kappa shape index (κ2) is 5.77. The van der Waals surface area contributed by atoms with Crippen LogP contribution in [0.4, 0.5) is 0 Å². The predicted molar refractivity (Wildman–Crippen MR) is 79.1 cm³/mol. The van der Waals surface area contributed by atoms with Gasteiger partial charge in [0.05, 0.1) is 0 Å². The van der Waals surface area contributed by atoms with Crippen molar-refractivity contribution >= 4 is 23.3 Å². The predicted octanol–water partition coefficient (Wildman–Crippen LogP) is 1.08. The molecule has 1 fully saturated rings. The molecular weight excluding hydrogens is 292 g/mol. The number of rotatable bonds is 3. The number of hydrogen-bond acceptors (Lipinski definition) is 5. The second-order valence-electron chi connectivity index (χ2n) is 5.05. The maximum atomic E-state index is 11.5. The minimum absolute atomic E-state index is 0.0633. The Morgan fingerprint density at radius 3 is 2.95 bits per heavy atom. The van der Waals surface area contributed by atoms with Crippen molar-refractivity contribution < 1.29 is 19.0 Å². The molecule has 2 aliphatic heterocycles. The van der Waals surface area contributed by atoms with Crippen molar-refractivity contribution in [2.24, 2.45) is 0 Å². The number of fused-ring (bicyclic) bond motifs is 1. The molecule has 0 aliphatic carbocycles. The zero-order valence-electron chi connectivity index (χ0n) is 11.5. The van der Waals surface area contributed by atoms with Crippen LogP contribution in [-0.4, -0.2) is 30.0 Å². The minimum Gasteiger partial charge on any atom is -0.461 e. The third-order valence-electron chi connectivity index (χ3n) is 3.36. The van der Waals surface area contributed by atoms with E-state index >= 15 is 0 Å². The number of cyclic esters (lactones) is 1. The first-order valence-corrected chi connectivity index (χ1v) is 7.16. The zero-order chi connectivity index (χ0) is 14.8. The van der Waals surface area contributed by atoms with Crippen LogP contribution in [0.25, 0.3) is 0 Å². The van der Waals surface area contributed by atoms with Crippen molar-refractivity contribution in [3.8, 4) is 11.5 Å². The largest absolute Gasteiger partial charge is 0.461 e. The molecule has 2 atom stereocenters. The first kappa shape index (κ1) is 13.9. The molecule has 2 heterocycles. The quantitative estimate of drug-likeness (QED) is 0.640. The summed E-state index contributed by atoms with van der Waals surface area (Å²) in [6.45, 7) is 2.66. The molecule has 0 aromatic heterocycles. The summed E-state index contributed by atoms with van der Waals surface area (Å²) in [7, 11) is 0. The molecule has 3 rings (SSSR count). The Balaban J connectivity index is 1.51. The lowest BCUT2D eigenvalue weighted by Gasteiger charge is -2.13. The second-order valence-corrected chi connectivity index (χ2v) is 5.46. The number of ether oxygens (including phenoxy) is 3. The molecule has 7 heteroatoms. The van der Waals surface area contributed by atoms with Crippen LogP contribution >= 0.6 is 12.2 Å². The third kappa shape index (κ3) is 3.18. The minimum atomic E-state index is -0.364. The van der Waals surface area contributed by atoms with E-state index in [0.29, 0.717) is 18.1 Å². The highest BCUT2D eigenvalue weighted by atomic mass is 32.1. The molecule has 1 aromatic carbocycles. The Labute approximate surface area is 127 Å². The average Bonchev–Trinajstić information content (AvgIpc) is 3.02. The summed E-state index contributed by atoms with van der Waals surface area (Å²) in [6, 6.07) is 5.35. The summed E-state index contributed by atoms with van der Waals surface area (Å²) in [6.07, 6.45) is 0.566. The van der Waals surface area contributed by atoms with Crippen LogP contribution < -0.4 is 20.1 Å². The summed E-state index contributed by atoms with van der Waals surface area (Å²) in [5, 5.41) is 6.47. The Bertz CT molecular complexity index is 578. The van der Waals surface area contributed by atoms with Crippen molar-refractivity contribution in [1.82, 2.24) is 10.6 Å². The van der Waals surface area contributed by atoms with E-state index in [1.165, 1.54) is 0 Å². The fourth-order valence-corrected chi connectivity index (χ4v) is 2.53. The molecule has 0 amide bonds. The van der Waals surface area contributed by atoms with Gasteiger partial charge in [-0.1, -0.05) is 6.07 Å². The number of nitrogens with one attached hydrogen (secondary N) is 2. The summed E-state index contributed by atoms with van der Waals surface area (Å²) >= 11 is 5.19. The molecule has 0 unspecified atom stereocenters. The van der Waals surface area contributed by atoms with Gasteiger partial charge in [0.2, 0.25) is 6.79 Å². The molecule has 6 nitrogen and oxygen atoms in total. The molecule has 1 aromatic rings. The van der Waals surface area contributed by atoms with Gasteiger partial charge >= 0.3 is 5.97 Å². The van der Waals surface area contributed by atoms with E-state index < -0.39 is 0 Å². The van der Waals surface area contributed by atoms with Crippen LogP contribution in [0, 0.1) is 0 Å². The van der Waals surface area contributed by atoms with Gasteiger partial charge < -0.3 is 24.8 Å². The molecule has 21 heavy (non-hydrogen) atoms. The fourth-order valence-electron chi connectivity index (χ4n) is 2.32. The van der Waals surface area contributed by atoms with E-state index in [2.05, 4.69) is 10.6 Å². The third-order valence-corrected chi connectivity index (χ3v) is 3.63. The Hall–Kier alpha value is -2.02. The van der Waals surface area contributed by atoms with Crippen LogP contribution in [0.2, 0.25) is 0 Å². The fraction of sp³-hybridized carbons (Fsp3) is 0.429. The van der Waals surface area contributed by atoms with E-state index in [-0.39, 0.29) is 24.9 Å². The molecule has 0 radical (unpaired) electrons. The van der Waals surface area contributed by atoms with Gasteiger partial charge in [0.25, 0.3) is 0 Å². The first-order valence-electron chi connectivity index (χ1n) is 6.75. The highest BCUT2D eigenvalue weighted by molar-refractivity contribution is 7.80. The molecule has 112 valence electrons. The molecule has 0 spiro atoms. The SMILES string of the molecule is C[C@H]1C[C@@H](NC(=S)NCc2ccc3c(c2)OCO3)C(=O)O1. The maximum Gasteiger partial charge on any atom is 0.329 e. The van der Waals surface area contributed by atoms with Gasteiger partial charge in [-0.05, 0) is 36.8 Å². The Morgan fingerprint density at radius 2 is 2.19 bits per heavy atom. The van der Waals surface area contributed by atoms with Gasteiger partial charge in [0.15, 0.2) is 16.6 Å². The van der Waals surface area contributed by atoms with Gasteiger partial charge in [-0.15, -0.1) is 0 Å². The van der Waals surface area contributed by atoms with Gasteiger partial charge in [-0.25, -0.2) is 4.79 Å². The van der Waals surface area contributed by atoms with Crippen molar-refractivity contribution in [2.45, 2.75) is 32.0 Å². The molecule has 1 saturated heterocycles. The number of hydrogen-bond donors (Lipinski definition) is 2. The van der Waals surface area contributed by atoms with E-state index in [4.69, 9.17) is 26.4 Å². The number of thiocarbonyl (C=S) groups is 1. The lowest BCUT2D eigenvalue weighted by Crippen LogP contribution is -2.43. The first-order chi connectivity index (χ1) is 10.1. The number of esters is 1. The monoisotopic (exact) mass is 308 g/mol. The van der Waals surface area contributed by atoms with Crippen molar-refractivity contribution in [1.29, 1.82) is 0 Å². The topological polar surface area (TPSA) is 68.8 Å². The van der Waals surface area contributed by atoms with Crippen LogP contribution in [0.1, 0.15) is 18.9 Å². The molecule has 0 saturated carbocycles. The Morgan fingerprint density at radius 1 is 1.38 bits per heavy atom. The molecule has 2 N–H and O–H groups in total. The van der Waals surface area contributed by atoms with Crippen LogP contribution in [0.3, 0.4) is 0 Å². The smallest absolute Gasteiger partial charge is 0.329 e. The van der Waals surface area contributed by atoms with Crippen LogP contribution in [0.5, 0.6) is 11.5 Å². The van der Waals surface area contributed by atoms with E-state index in [1.54, 1.807) is 0 Å². The maximum absolute atomic E-state index is 11.5. The Kier molecular flexibility index (Phi) is 3.83. The summed E-state index contributed by atoms with van der Waals surface area (Å²) < 4.78 is 15.6. The van der Waals surface area contributed by atoms with Crippen molar-refractivity contribution in [2.75, 3.05) is 6.79 Å². The normalized spacial score (nSPS) is 22.8. The summed E-state index contributed by atoms with van der Waals surface area (Å²) in [5.74, 6) is 1.23. The van der Waals surface area contributed by atoms with Crippen LogP contribution in [-0.2, 0) is 16.1 Å². The lowest BCUT2D eigenvalue weighted by molar-refractivity contribution is -0.142. The van der Waals surface area contributed by atoms with Crippen molar-refractivity contribution in [3.05, 3.63) is 23.8 Å². The highest BCUT2D eigenvalue weighted by Crippen LogP contribution is 2.32. The number of carbonyl (C=O) groups excluding carboxylic acids is 1. The standard InChI is InChI=1S/C14H16N2O4S/c1-8-4-10(13(17)20-8)16-14(21)15-6-9-2-3-11-12(5-9)19-7-18-11/h2-3,5,8,10H,4,6-7H2,1H3,(H2,15,16,21)/t8-,10+/m0/s1. The molecule has 0 bridgehead atoms. The molecule has 2 aliphatic rings. The van der Waals surface area contributed by atoms with Crippen LogP contribution in [0.15, 0.2) is 18.2 Å². The van der Waals surface area contributed by atoms with Gasteiger partial charge in [0, 0.05) is 13.0 Å². The van der Waals surface area contributed by atoms with E-state index in [1.807, 2.05) is 25.1 Å². The van der Waals surface area contributed by atoms with E-state index in [9.17, 15) is 4.79 Å². The van der Waals surface area contributed by atoms with Gasteiger partial charge in [0.1, 0.15) is 12.1 Å². The van der Waals surface area contributed by atoms with E-state index in [0.717, 1.165) is 17.1 Å².